The molecule has 6 heteroatoms. The number of nitrogens with zero attached hydrogens (tertiary/aromatic N) is 2. The normalized spacial score (nSPS) is 10.8. The number of nitrogens with one attached hydrogen (secondary N) is 1. The zero-order valence-electron chi connectivity index (χ0n) is 13.8. The van der Waals surface area contributed by atoms with Crippen LogP contribution in [0.15, 0.2) is 94.0 Å². The Morgan fingerprint density at radius 1 is 0.846 bits per heavy atom. The van der Waals surface area contributed by atoms with Crippen molar-refractivity contribution < 1.29 is 9.18 Å². The highest BCUT2D eigenvalue weighted by Crippen LogP contribution is 2.21. The summed E-state index contributed by atoms with van der Waals surface area (Å²) in [5.74, 6) is -0.164. The van der Waals surface area contributed by atoms with E-state index in [-0.39, 0.29) is 17.5 Å². The molecule has 3 rings (SSSR count). The summed E-state index contributed by atoms with van der Waals surface area (Å²) in [5, 5.41) is 11.1. The SMILES string of the molecule is O=C(CSc1ccc(F)cc1)Nc1ccc(N=Nc2ccccc2)cc1. The predicted molar refractivity (Wildman–Crippen MR) is 103 cm³/mol. The van der Waals surface area contributed by atoms with E-state index < -0.39 is 0 Å². The van der Waals surface area contributed by atoms with Gasteiger partial charge in [-0.05, 0) is 60.7 Å². The van der Waals surface area contributed by atoms with Crippen LogP contribution in [-0.2, 0) is 4.79 Å². The Morgan fingerprint density at radius 3 is 2.12 bits per heavy atom. The molecule has 0 saturated heterocycles. The highest BCUT2D eigenvalue weighted by Gasteiger charge is 2.04. The lowest BCUT2D eigenvalue weighted by Crippen LogP contribution is -2.13. The second-order valence-corrected chi connectivity index (χ2v) is 6.42. The van der Waals surface area contributed by atoms with Crippen LogP contribution in [0.5, 0.6) is 0 Å². The Hall–Kier alpha value is -2.99. The average Bonchev–Trinajstić information content (AvgIpc) is 2.68. The van der Waals surface area contributed by atoms with Gasteiger partial charge in [-0.25, -0.2) is 4.39 Å². The zero-order valence-corrected chi connectivity index (χ0v) is 14.6. The Balaban J connectivity index is 1.51. The molecule has 1 amide bonds. The van der Waals surface area contributed by atoms with Crippen LogP contribution in [0.3, 0.4) is 0 Å². The third-order valence-electron chi connectivity index (χ3n) is 3.37. The molecule has 0 fully saturated rings. The van der Waals surface area contributed by atoms with Crippen LogP contribution in [0.1, 0.15) is 0 Å². The topological polar surface area (TPSA) is 53.8 Å². The van der Waals surface area contributed by atoms with Crippen molar-refractivity contribution in [3.63, 3.8) is 0 Å². The van der Waals surface area contributed by atoms with Crippen molar-refractivity contribution in [2.24, 2.45) is 10.2 Å². The summed E-state index contributed by atoms with van der Waals surface area (Å²) < 4.78 is 12.9. The summed E-state index contributed by atoms with van der Waals surface area (Å²) in [6.45, 7) is 0. The highest BCUT2D eigenvalue weighted by atomic mass is 32.2. The van der Waals surface area contributed by atoms with Gasteiger partial charge in [0.2, 0.25) is 5.91 Å². The second kappa shape index (κ2) is 8.92. The Labute approximate surface area is 155 Å². The van der Waals surface area contributed by atoms with Crippen molar-refractivity contribution in [1.82, 2.24) is 0 Å². The molecule has 0 unspecified atom stereocenters. The molecule has 0 radical (unpaired) electrons. The number of hydrogen-bond acceptors (Lipinski definition) is 4. The fourth-order valence-electron chi connectivity index (χ4n) is 2.10. The molecule has 26 heavy (non-hydrogen) atoms. The Kier molecular flexibility index (Phi) is 6.11. The van der Waals surface area contributed by atoms with Crippen LogP contribution in [-0.4, -0.2) is 11.7 Å². The van der Waals surface area contributed by atoms with E-state index in [1.807, 2.05) is 30.3 Å². The number of thioether (sulfide) groups is 1. The number of hydrogen-bond donors (Lipinski definition) is 1. The number of amides is 1. The average molecular weight is 365 g/mol. The maximum atomic E-state index is 12.9. The van der Waals surface area contributed by atoms with E-state index >= 15 is 0 Å². The molecule has 0 atom stereocenters. The molecule has 0 heterocycles. The summed E-state index contributed by atoms with van der Waals surface area (Å²) >= 11 is 1.35. The van der Waals surface area contributed by atoms with Crippen LogP contribution >= 0.6 is 11.8 Å². The third kappa shape index (κ3) is 5.53. The molecule has 0 aliphatic rings. The van der Waals surface area contributed by atoms with Gasteiger partial charge in [-0.3, -0.25) is 4.79 Å². The molecule has 3 aromatic carbocycles. The zero-order chi connectivity index (χ0) is 18.2. The first-order chi connectivity index (χ1) is 12.7. The first-order valence-electron chi connectivity index (χ1n) is 7.94. The van der Waals surface area contributed by atoms with E-state index in [0.29, 0.717) is 11.4 Å². The van der Waals surface area contributed by atoms with Gasteiger partial charge in [0.25, 0.3) is 0 Å². The van der Waals surface area contributed by atoms with Crippen molar-refractivity contribution in [1.29, 1.82) is 0 Å². The maximum absolute atomic E-state index is 12.9. The smallest absolute Gasteiger partial charge is 0.234 e. The molecule has 0 aliphatic heterocycles. The van der Waals surface area contributed by atoms with Gasteiger partial charge in [0, 0.05) is 10.6 Å². The van der Waals surface area contributed by atoms with Crippen molar-refractivity contribution in [2.75, 3.05) is 11.1 Å². The largest absolute Gasteiger partial charge is 0.325 e. The lowest BCUT2D eigenvalue weighted by atomic mass is 10.3. The second-order valence-electron chi connectivity index (χ2n) is 5.37. The van der Waals surface area contributed by atoms with E-state index in [1.54, 1.807) is 36.4 Å². The van der Waals surface area contributed by atoms with Gasteiger partial charge < -0.3 is 5.32 Å². The monoisotopic (exact) mass is 365 g/mol. The van der Waals surface area contributed by atoms with Gasteiger partial charge in [0.1, 0.15) is 5.82 Å². The maximum Gasteiger partial charge on any atom is 0.234 e. The Bertz CT molecular complexity index is 881. The van der Waals surface area contributed by atoms with E-state index in [1.165, 1.54) is 23.9 Å². The van der Waals surface area contributed by atoms with E-state index in [2.05, 4.69) is 15.5 Å². The fourth-order valence-corrected chi connectivity index (χ4v) is 2.80. The molecular formula is C20H16FN3OS. The van der Waals surface area contributed by atoms with Crippen LogP contribution in [0, 0.1) is 5.82 Å². The van der Waals surface area contributed by atoms with Gasteiger partial charge in [-0.15, -0.1) is 11.8 Å². The predicted octanol–water partition coefficient (Wildman–Crippen LogP) is 5.97. The van der Waals surface area contributed by atoms with Gasteiger partial charge in [0.15, 0.2) is 0 Å². The number of halogens is 1. The van der Waals surface area contributed by atoms with Crippen molar-refractivity contribution in [3.05, 3.63) is 84.7 Å². The molecule has 130 valence electrons. The summed E-state index contributed by atoms with van der Waals surface area (Å²) in [6, 6.07) is 22.7. The standard InChI is InChI=1S/C20H16FN3OS/c21-15-6-12-19(13-7-15)26-14-20(25)22-16-8-10-18(11-9-16)24-23-17-4-2-1-3-5-17/h1-13H,14H2,(H,22,25). The number of azo groups is 1. The van der Waals surface area contributed by atoms with Crippen LogP contribution in [0.4, 0.5) is 21.5 Å². The number of carbonyl (C=O) groups excluding carboxylic acids is 1. The summed E-state index contributed by atoms with van der Waals surface area (Å²) in [5.41, 5.74) is 2.17. The fraction of sp³-hybridized carbons (Fsp3) is 0.0500. The van der Waals surface area contributed by atoms with Crippen molar-refractivity contribution in [2.45, 2.75) is 4.90 Å². The number of benzene rings is 3. The van der Waals surface area contributed by atoms with Crippen LogP contribution in [0.2, 0.25) is 0 Å². The summed E-state index contributed by atoms with van der Waals surface area (Å²) in [6.07, 6.45) is 0. The van der Waals surface area contributed by atoms with Crippen molar-refractivity contribution >= 4 is 34.7 Å². The van der Waals surface area contributed by atoms with E-state index in [0.717, 1.165) is 10.6 Å². The first kappa shape index (κ1) is 17.8. The van der Waals surface area contributed by atoms with Gasteiger partial charge >= 0.3 is 0 Å². The third-order valence-corrected chi connectivity index (χ3v) is 4.38. The molecule has 0 aromatic heterocycles. The molecule has 1 N–H and O–H groups in total. The molecule has 0 saturated carbocycles. The van der Waals surface area contributed by atoms with E-state index in [4.69, 9.17) is 0 Å². The Morgan fingerprint density at radius 2 is 1.46 bits per heavy atom. The van der Waals surface area contributed by atoms with E-state index in [9.17, 15) is 9.18 Å². The number of anilines is 1. The minimum Gasteiger partial charge on any atom is -0.325 e. The molecule has 0 bridgehead atoms. The lowest BCUT2D eigenvalue weighted by molar-refractivity contribution is -0.113. The molecule has 3 aromatic rings. The molecular weight excluding hydrogens is 349 g/mol. The minimum atomic E-state index is -0.289. The quantitative estimate of drug-likeness (QED) is 0.432. The number of carbonyl (C=O) groups is 1. The highest BCUT2D eigenvalue weighted by molar-refractivity contribution is 8.00. The molecule has 0 aliphatic carbocycles. The van der Waals surface area contributed by atoms with Gasteiger partial charge in [-0.1, -0.05) is 18.2 Å². The summed E-state index contributed by atoms with van der Waals surface area (Å²) in [4.78, 5) is 12.8. The molecule has 0 spiro atoms. The van der Waals surface area contributed by atoms with Gasteiger partial charge in [0.05, 0.1) is 17.1 Å². The molecule has 4 nitrogen and oxygen atoms in total. The first-order valence-corrected chi connectivity index (χ1v) is 8.93. The minimum absolute atomic E-state index is 0.127. The van der Waals surface area contributed by atoms with Crippen molar-refractivity contribution in [3.8, 4) is 0 Å². The number of rotatable bonds is 6. The lowest BCUT2D eigenvalue weighted by Gasteiger charge is -2.05. The van der Waals surface area contributed by atoms with Crippen LogP contribution < -0.4 is 5.32 Å². The van der Waals surface area contributed by atoms with Gasteiger partial charge in [-0.2, -0.15) is 10.2 Å². The van der Waals surface area contributed by atoms with Crippen LogP contribution in [0.25, 0.3) is 0 Å². The summed E-state index contributed by atoms with van der Waals surface area (Å²) in [7, 11) is 0.